The summed E-state index contributed by atoms with van der Waals surface area (Å²) in [4.78, 5) is 1.52. The molecule has 2 heterocycles. The van der Waals surface area contributed by atoms with Gasteiger partial charge in [-0.25, -0.2) is 0 Å². The Bertz CT molecular complexity index is 628. The van der Waals surface area contributed by atoms with Crippen LogP contribution in [0, 0.1) is 0 Å². The molecule has 1 atom stereocenters. The van der Waals surface area contributed by atoms with Crippen LogP contribution in [-0.4, -0.2) is 33.4 Å². The van der Waals surface area contributed by atoms with Crippen LogP contribution < -0.4 is 23.7 Å². The van der Waals surface area contributed by atoms with E-state index in [1.165, 1.54) is 18.1 Å². The molecule has 0 spiro atoms. The maximum absolute atomic E-state index is 11.6. The summed E-state index contributed by atoms with van der Waals surface area (Å²) in [7, 11) is -2.93. The highest BCUT2D eigenvalue weighted by Crippen LogP contribution is 2.50. The fraction of sp³-hybridized carbons (Fsp3) is 0.455. The minimum Gasteiger partial charge on any atom is -0.491 e. The molecule has 0 aliphatic carbocycles. The first-order valence-electron chi connectivity index (χ1n) is 5.89. The Labute approximate surface area is 117 Å². The van der Waals surface area contributed by atoms with E-state index in [0.717, 1.165) is 0 Å². The summed E-state index contributed by atoms with van der Waals surface area (Å²) in [5.74, 6) is -0.149. The number of aliphatic hydroxyl groups is 1. The van der Waals surface area contributed by atoms with Crippen molar-refractivity contribution < 1.29 is 26.6 Å². The number of benzene rings is 1. The number of hydrogen-bond acceptors (Lipinski definition) is 8. The smallest absolute Gasteiger partial charge is 0.491 e. The third-order valence-electron chi connectivity index (χ3n) is 2.90. The number of nitrogens with two attached hydrogens (primary N) is 1. The third kappa shape index (κ3) is 2.29. The quantitative estimate of drug-likeness (QED) is 0.609. The van der Waals surface area contributed by atoms with Crippen molar-refractivity contribution in [1.29, 1.82) is 0 Å². The zero-order valence-corrected chi connectivity index (χ0v) is 12.1. The highest BCUT2D eigenvalue weighted by molar-refractivity contribution is 7.82. The number of ether oxygens (including phenoxy) is 1. The molecule has 0 aromatic heterocycles. The van der Waals surface area contributed by atoms with Crippen molar-refractivity contribution in [2.45, 2.75) is 20.1 Å². The van der Waals surface area contributed by atoms with E-state index in [4.69, 9.17) is 18.8 Å². The number of nitrogens with zero attached hydrogens (tertiary/aromatic N) is 1. The predicted octanol–water partition coefficient (Wildman–Crippen LogP) is 0.458. The van der Waals surface area contributed by atoms with Crippen LogP contribution in [-0.2, 0) is 10.4 Å². The van der Waals surface area contributed by atoms with Crippen LogP contribution in [0.15, 0.2) is 6.07 Å². The van der Waals surface area contributed by atoms with E-state index in [-0.39, 0.29) is 22.9 Å². The average molecular weight is 304 g/mol. The van der Waals surface area contributed by atoms with Crippen LogP contribution in [0.5, 0.6) is 17.2 Å². The lowest BCUT2D eigenvalue weighted by molar-refractivity contribution is 0.189. The Morgan fingerprint density at radius 3 is 2.65 bits per heavy atom. The zero-order chi connectivity index (χ0) is 15.1. The molecule has 0 amide bonds. The molecular weight excluding hydrogens is 288 g/mol. The monoisotopic (exact) mass is 304 g/mol. The molecule has 0 fully saturated rings. The van der Waals surface area contributed by atoms with Crippen LogP contribution in [0.1, 0.15) is 13.8 Å². The molecule has 8 nitrogen and oxygen atoms in total. The summed E-state index contributed by atoms with van der Waals surface area (Å²) < 4.78 is 38.0. The molecule has 20 heavy (non-hydrogen) atoms. The second-order valence-corrected chi connectivity index (χ2v) is 5.31. The first-order chi connectivity index (χ1) is 9.30. The topological polar surface area (TPSA) is 111 Å². The molecule has 2 bridgehead atoms. The molecule has 2 aliphatic heterocycles. The molecule has 9 heteroatoms. The normalized spacial score (nSPS) is 16.8. The van der Waals surface area contributed by atoms with E-state index in [1.807, 2.05) is 0 Å². The van der Waals surface area contributed by atoms with Gasteiger partial charge in [0.25, 0.3) is 0 Å². The summed E-state index contributed by atoms with van der Waals surface area (Å²) in [6.07, 6.45) is -0.857. The standard InChI is InChI=1S/C11H16N2O6S/c1-4-13(6(2)14)7-5-8-9(12)11(17-3)10(7)19-20(15,16)18-8/h5-6,14H,4,12H2,1-3H3. The van der Waals surface area contributed by atoms with Gasteiger partial charge in [-0.1, -0.05) is 0 Å². The average Bonchev–Trinajstić information content (AvgIpc) is 2.52. The van der Waals surface area contributed by atoms with Gasteiger partial charge in [-0.2, -0.15) is 0 Å². The van der Waals surface area contributed by atoms with Crippen molar-refractivity contribution in [3.63, 3.8) is 0 Å². The van der Waals surface area contributed by atoms with Gasteiger partial charge in [0.15, 0.2) is 11.5 Å². The maximum atomic E-state index is 11.6. The third-order valence-corrected chi connectivity index (χ3v) is 3.65. The number of nitrogen functional groups attached to an aromatic ring is 1. The van der Waals surface area contributed by atoms with E-state index in [1.54, 1.807) is 13.8 Å². The summed E-state index contributed by atoms with van der Waals surface area (Å²) >= 11 is 0. The fourth-order valence-electron chi connectivity index (χ4n) is 2.05. The van der Waals surface area contributed by atoms with Crippen molar-refractivity contribution in [3.05, 3.63) is 6.07 Å². The molecule has 1 aromatic rings. The zero-order valence-electron chi connectivity index (χ0n) is 11.3. The lowest BCUT2D eigenvalue weighted by Crippen LogP contribution is -2.32. The largest absolute Gasteiger partial charge is 0.501 e. The molecule has 0 saturated carbocycles. The molecule has 1 aromatic carbocycles. The van der Waals surface area contributed by atoms with E-state index < -0.39 is 16.6 Å². The number of aliphatic hydroxyl groups excluding tert-OH is 1. The van der Waals surface area contributed by atoms with Gasteiger partial charge in [0, 0.05) is 12.6 Å². The van der Waals surface area contributed by atoms with Gasteiger partial charge in [-0.05, 0) is 13.8 Å². The van der Waals surface area contributed by atoms with E-state index >= 15 is 0 Å². The minimum atomic E-state index is -4.27. The molecule has 3 rings (SSSR count). The van der Waals surface area contributed by atoms with Crippen LogP contribution in [0.2, 0.25) is 0 Å². The summed E-state index contributed by atoms with van der Waals surface area (Å²) in [6, 6.07) is 1.40. The number of rotatable bonds is 4. The predicted molar refractivity (Wildman–Crippen MR) is 72.3 cm³/mol. The van der Waals surface area contributed by atoms with Crippen LogP contribution >= 0.6 is 0 Å². The minimum absolute atomic E-state index is 0.0222. The van der Waals surface area contributed by atoms with Gasteiger partial charge in [0.05, 0.1) is 12.8 Å². The van der Waals surface area contributed by atoms with Crippen LogP contribution in [0.3, 0.4) is 0 Å². The van der Waals surface area contributed by atoms with E-state index in [0.29, 0.717) is 12.2 Å². The van der Waals surface area contributed by atoms with Crippen molar-refractivity contribution in [1.82, 2.24) is 0 Å². The second kappa shape index (κ2) is 4.91. The van der Waals surface area contributed by atoms with Gasteiger partial charge >= 0.3 is 10.4 Å². The highest BCUT2D eigenvalue weighted by atomic mass is 32.3. The lowest BCUT2D eigenvalue weighted by Gasteiger charge is -2.27. The van der Waals surface area contributed by atoms with Gasteiger partial charge < -0.3 is 28.8 Å². The first kappa shape index (κ1) is 14.5. The molecule has 1 unspecified atom stereocenters. The molecule has 0 radical (unpaired) electrons. The number of anilines is 2. The van der Waals surface area contributed by atoms with Crippen molar-refractivity contribution in [2.24, 2.45) is 0 Å². The molecule has 112 valence electrons. The summed E-state index contributed by atoms with van der Waals surface area (Å²) in [5.41, 5.74) is 6.12. The first-order valence-corrected chi connectivity index (χ1v) is 7.23. The lowest BCUT2D eigenvalue weighted by atomic mass is 10.2. The van der Waals surface area contributed by atoms with Crippen molar-refractivity contribution >= 4 is 21.8 Å². The molecule has 2 aliphatic rings. The highest BCUT2D eigenvalue weighted by Gasteiger charge is 2.34. The van der Waals surface area contributed by atoms with Crippen LogP contribution in [0.25, 0.3) is 0 Å². The van der Waals surface area contributed by atoms with Crippen LogP contribution in [0.4, 0.5) is 11.4 Å². The van der Waals surface area contributed by atoms with Gasteiger partial charge in [-0.3, -0.25) is 0 Å². The molecule has 3 N–H and O–H groups in total. The van der Waals surface area contributed by atoms with E-state index in [9.17, 15) is 13.5 Å². The van der Waals surface area contributed by atoms with Crippen molar-refractivity contribution in [3.8, 4) is 17.2 Å². The number of methoxy groups -OCH3 is 1. The SMILES string of the molecule is CCN(c1cc2c(N)c(OC)c1OS(=O)(=O)O2)C(C)O. The summed E-state index contributed by atoms with van der Waals surface area (Å²) in [6.45, 7) is 3.76. The Morgan fingerprint density at radius 2 is 2.15 bits per heavy atom. The second-order valence-electron chi connectivity index (χ2n) is 4.16. The molecule has 0 saturated heterocycles. The van der Waals surface area contributed by atoms with Crippen molar-refractivity contribution in [2.75, 3.05) is 24.3 Å². The maximum Gasteiger partial charge on any atom is 0.501 e. The Kier molecular flexibility index (Phi) is 3.57. The Morgan fingerprint density at radius 1 is 1.50 bits per heavy atom. The fourth-order valence-corrected chi connectivity index (χ4v) is 2.81. The van der Waals surface area contributed by atoms with Gasteiger partial charge in [-0.15, -0.1) is 8.42 Å². The Hall–Kier alpha value is -1.87. The number of fused-ring (bicyclic) bond motifs is 4. The number of hydrogen-bond donors (Lipinski definition) is 2. The van der Waals surface area contributed by atoms with Gasteiger partial charge in [0.2, 0.25) is 5.75 Å². The summed E-state index contributed by atoms with van der Waals surface area (Å²) in [5, 5.41) is 9.77. The molecular formula is C11H16N2O6S. The van der Waals surface area contributed by atoms with Gasteiger partial charge in [0.1, 0.15) is 11.9 Å². The Balaban J connectivity index is 2.72. The van der Waals surface area contributed by atoms with E-state index in [2.05, 4.69) is 0 Å².